The molecule has 0 amide bonds. The van der Waals surface area contributed by atoms with E-state index in [1.54, 1.807) is 6.07 Å². The van der Waals surface area contributed by atoms with Crippen LogP contribution in [0.25, 0.3) is 0 Å². The summed E-state index contributed by atoms with van der Waals surface area (Å²) in [5.74, 6) is -1.58. The third kappa shape index (κ3) is 3.59. The predicted molar refractivity (Wildman–Crippen MR) is 57.5 cm³/mol. The largest absolute Gasteiger partial charge is 0.330 e. The summed E-state index contributed by atoms with van der Waals surface area (Å²) < 4.78 is 25.6. The van der Waals surface area contributed by atoms with Gasteiger partial charge in [-0.1, -0.05) is 19.9 Å². The molecule has 0 saturated heterocycles. The Morgan fingerprint density at radius 1 is 1.20 bits per heavy atom. The standard InChI is InChI=1S/C12H17F2N/c1-12(2,5-6-15)8-9-3-4-10(13)11(14)7-9/h3-4,7H,5-6,8,15H2,1-2H3. The number of rotatable bonds is 4. The molecule has 0 aliphatic rings. The molecule has 1 aromatic carbocycles. The van der Waals surface area contributed by atoms with Crippen molar-refractivity contribution in [3.8, 4) is 0 Å². The van der Waals surface area contributed by atoms with Crippen molar-refractivity contribution < 1.29 is 8.78 Å². The summed E-state index contributed by atoms with van der Waals surface area (Å²) in [4.78, 5) is 0. The molecule has 2 N–H and O–H groups in total. The molecule has 84 valence electrons. The molecular weight excluding hydrogens is 196 g/mol. The molecule has 0 atom stereocenters. The van der Waals surface area contributed by atoms with Gasteiger partial charge in [-0.3, -0.25) is 0 Å². The molecule has 0 fully saturated rings. The third-order valence-electron chi connectivity index (χ3n) is 2.49. The SMILES string of the molecule is CC(C)(CCN)Cc1ccc(F)c(F)c1. The average molecular weight is 213 g/mol. The van der Waals surface area contributed by atoms with Crippen molar-refractivity contribution >= 4 is 0 Å². The van der Waals surface area contributed by atoms with E-state index in [0.29, 0.717) is 13.0 Å². The van der Waals surface area contributed by atoms with Gasteiger partial charge in [-0.15, -0.1) is 0 Å². The molecule has 0 aromatic heterocycles. The molecule has 1 aromatic rings. The van der Waals surface area contributed by atoms with Crippen LogP contribution in [0.4, 0.5) is 8.78 Å². The number of halogens is 2. The Bertz CT molecular complexity index is 334. The maximum absolute atomic E-state index is 12.9. The molecular formula is C12H17F2N. The summed E-state index contributed by atoms with van der Waals surface area (Å²) in [5.41, 5.74) is 6.33. The van der Waals surface area contributed by atoms with E-state index in [4.69, 9.17) is 5.73 Å². The monoisotopic (exact) mass is 213 g/mol. The van der Waals surface area contributed by atoms with E-state index >= 15 is 0 Å². The van der Waals surface area contributed by atoms with Crippen LogP contribution in [0.2, 0.25) is 0 Å². The highest BCUT2D eigenvalue weighted by Gasteiger charge is 2.18. The van der Waals surface area contributed by atoms with Gasteiger partial charge < -0.3 is 5.73 Å². The second-order valence-electron chi connectivity index (χ2n) is 4.63. The first-order chi connectivity index (χ1) is 6.94. The van der Waals surface area contributed by atoms with E-state index in [1.165, 1.54) is 12.1 Å². The van der Waals surface area contributed by atoms with Gasteiger partial charge in [0, 0.05) is 0 Å². The maximum atomic E-state index is 12.9. The first-order valence-electron chi connectivity index (χ1n) is 5.08. The molecule has 1 nitrogen and oxygen atoms in total. The number of hydrogen-bond acceptors (Lipinski definition) is 1. The Labute approximate surface area is 89.3 Å². The third-order valence-corrected chi connectivity index (χ3v) is 2.49. The Morgan fingerprint density at radius 2 is 1.87 bits per heavy atom. The second-order valence-corrected chi connectivity index (χ2v) is 4.63. The summed E-state index contributed by atoms with van der Waals surface area (Å²) in [6.45, 7) is 4.75. The van der Waals surface area contributed by atoms with E-state index in [9.17, 15) is 8.78 Å². The van der Waals surface area contributed by atoms with Crippen LogP contribution in [0.1, 0.15) is 25.8 Å². The zero-order chi connectivity index (χ0) is 11.5. The van der Waals surface area contributed by atoms with Crippen molar-refractivity contribution in [2.24, 2.45) is 11.1 Å². The lowest BCUT2D eigenvalue weighted by Crippen LogP contribution is -2.19. The average Bonchev–Trinajstić information content (AvgIpc) is 2.10. The van der Waals surface area contributed by atoms with Crippen LogP contribution in [0.15, 0.2) is 18.2 Å². The number of nitrogens with two attached hydrogens (primary N) is 1. The minimum Gasteiger partial charge on any atom is -0.330 e. The van der Waals surface area contributed by atoms with Crippen molar-refractivity contribution in [1.29, 1.82) is 0 Å². The zero-order valence-corrected chi connectivity index (χ0v) is 9.19. The normalized spacial score (nSPS) is 11.8. The summed E-state index contributed by atoms with van der Waals surface area (Å²) in [6.07, 6.45) is 1.58. The van der Waals surface area contributed by atoms with Crippen LogP contribution in [0.5, 0.6) is 0 Å². The van der Waals surface area contributed by atoms with Gasteiger partial charge in [-0.2, -0.15) is 0 Å². The van der Waals surface area contributed by atoms with Crippen molar-refractivity contribution in [1.82, 2.24) is 0 Å². The quantitative estimate of drug-likeness (QED) is 0.817. The fraction of sp³-hybridized carbons (Fsp3) is 0.500. The van der Waals surface area contributed by atoms with Crippen LogP contribution in [-0.2, 0) is 6.42 Å². The van der Waals surface area contributed by atoms with Gasteiger partial charge in [-0.05, 0) is 42.5 Å². The number of benzene rings is 1. The Hall–Kier alpha value is -0.960. The molecule has 0 saturated carbocycles. The first kappa shape index (κ1) is 12.1. The van der Waals surface area contributed by atoms with Crippen LogP contribution in [0, 0.1) is 17.0 Å². The smallest absolute Gasteiger partial charge is 0.159 e. The Morgan fingerprint density at radius 3 is 2.40 bits per heavy atom. The van der Waals surface area contributed by atoms with Gasteiger partial charge in [0.25, 0.3) is 0 Å². The zero-order valence-electron chi connectivity index (χ0n) is 9.19. The maximum Gasteiger partial charge on any atom is 0.159 e. The van der Waals surface area contributed by atoms with Crippen LogP contribution in [-0.4, -0.2) is 6.54 Å². The van der Waals surface area contributed by atoms with Crippen molar-refractivity contribution in [2.75, 3.05) is 6.54 Å². The number of hydrogen-bond donors (Lipinski definition) is 1. The lowest BCUT2D eigenvalue weighted by atomic mass is 9.83. The highest BCUT2D eigenvalue weighted by atomic mass is 19.2. The fourth-order valence-corrected chi connectivity index (χ4v) is 1.68. The lowest BCUT2D eigenvalue weighted by molar-refractivity contribution is 0.338. The Balaban J connectivity index is 2.76. The lowest BCUT2D eigenvalue weighted by Gasteiger charge is -2.23. The van der Waals surface area contributed by atoms with Gasteiger partial charge in [0.15, 0.2) is 11.6 Å². The van der Waals surface area contributed by atoms with E-state index in [1.807, 2.05) is 0 Å². The summed E-state index contributed by atoms with van der Waals surface area (Å²) in [6, 6.07) is 4.05. The van der Waals surface area contributed by atoms with Crippen molar-refractivity contribution in [3.63, 3.8) is 0 Å². The highest BCUT2D eigenvalue weighted by molar-refractivity contribution is 5.19. The molecule has 15 heavy (non-hydrogen) atoms. The van der Waals surface area contributed by atoms with E-state index in [-0.39, 0.29) is 5.41 Å². The molecule has 1 rings (SSSR count). The summed E-state index contributed by atoms with van der Waals surface area (Å²) >= 11 is 0. The van der Waals surface area contributed by atoms with Crippen molar-refractivity contribution in [3.05, 3.63) is 35.4 Å². The molecule has 3 heteroatoms. The Kier molecular flexibility index (Phi) is 3.80. The highest BCUT2D eigenvalue weighted by Crippen LogP contribution is 2.25. The van der Waals surface area contributed by atoms with E-state index < -0.39 is 11.6 Å². The molecule has 0 spiro atoms. The second kappa shape index (κ2) is 4.71. The van der Waals surface area contributed by atoms with Gasteiger partial charge in [0.05, 0.1) is 0 Å². The molecule has 0 aliphatic heterocycles. The van der Waals surface area contributed by atoms with Gasteiger partial charge in [0.1, 0.15) is 0 Å². The van der Waals surface area contributed by atoms with Crippen LogP contribution >= 0.6 is 0 Å². The van der Waals surface area contributed by atoms with Crippen molar-refractivity contribution in [2.45, 2.75) is 26.7 Å². The van der Waals surface area contributed by atoms with E-state index in [2.05, 4.69) is 13.8 Å². The van der Waals surface area contributed by atoms with Crippen LogP contribution < -0.4 is 5.73 Å². The molecule has 0 unspecified atom stereocenters. The predicted octanol–water partition coefficient (Wildman–Crippen LogP) is 2.88. The molecule has 0 radical (unpaired) electrons. The fourth-order valence-electron chi connectivity index (χ4n) is 1.68. The minimum atomic E-state index is -0.796. The van der Waals surface area contributed by atoms with Crippen LogP contribution in [0.3, 0.4) is 0 Å². The first-order valence-corrected chi connectivity index (χ1v) is 5.08. The molecule has 0 aliphatic carbocycles. The summed E-state index contributed by atoms with van der Waals surface area (Å²) in [5, 5.41) is 0. The van der Waals surface area contributed by atoms with E-state index in [0.717, 1.165) is 12.0 Å². The molecule has 0 bridgehead atoms. The topological polar surface area (TPSA) is 26.0 Å². The van der Waals surface area contributed by atoms with Gasteiger partial charge in [-0.25, -0.2) is 8.78 Å². The van der Waals surface area contributed by atoms with Gasteiger partial charge in [0.2, 0.25) is 0 Å². The summed E-state index contributed by atoms with van der Waals surface area (Å²) in [7, 11) is 0. The minimum absolute atomic E-state index is 0.0268. The molecule has 0 heterocycles. The van der Waals surface area contributed by atoms with Gasteiger partial charge >= 0.3 is 0 Å².